The van der Waals surface area contributed by atoms with E-state index in [0.717, 1.165) is 32.6 Å². The van der Waals surface area contributed by atoms with Crippen LogP contribution in [0.25, 0.3) is 0 Å². The number of carbonyl (C=O) groups is 1. The lowest BCUT2D eigenvalue weighted by molar-refractivity contribution is -0.123. The van der Waals surface area contributed by atoms with Crippen LogP contribution in [0.2, 0.25) is 0 Å². The second kappa shape index (κ2) is 8.77. The molecule has 0 spiro atoms. The number of carbonyl (C=O) groups excluding carboxylic acids is 1. The van der Waals surface area contributed by atoms with Gasteiger partial charge in [-0.15, -0.1) is 0 Å². The number of halogens is 1. The first-order valence-electron chi connectivity index (χ1n) is 8.99. The van der Waals surface area contributed by atoms with E-state index in [1.807, 2.05) is 26.8 Å². The summed E-state index contributed by atoms with van der Waals surface area (Å²) < 4.78 is 13.7. The predicted molar refractivity (Wildman–Crippen MR) is 108 cm³/mol. The molecule has 0 saturated carbocycles. The largest absolute Gasteiger partial charge is 0.350 e. The molecule has 2 rings (SSSR count). The van der Waals surface area contributed by atoms with Gasteiger partial charge in [-0.3, -0.25) is 9.69 Å². The molecule has 5 nitrogen and oxygen atoms in total. The van der Waals surface area contributed by atoms with Crippen molar-refractivity contribution in [2.24, 2.45) is 0 Å². The van der Waals surface area contributed by atoms with E-state index in [4.69, 9.17) is 12.2 Å². The Bertz CT molecular complexity index is 659. The van der Waals surface area contributed by atoms with E-state index in [9.17, 15) is 9.18 Å². The highest BCUT2D eigenvalue weighted by Crippen LogP contribution is 2.15. The van der Waals surface area contributed by atoms with Crippen LogP contribution in [0.5, 0.6) is 0 Å². The molecule has 1 saturated heterocycles. The van der Waals surface area contributed by atoms with E-state index >= 15 is 0 Å². The average molecular weight is 381 g/mol. The molecule has 1 heterocycles. The van der Waals surface area contributed by atoms with Crippen molar-refractivity contribution in [1.29, 1.82) is 0 Å². The van der Waals surface area contributed by atoms with E-state index in [1.165, 1.54) is 6.07 Å². The zero-order chi connectivity index (χ0) is 19.3. The summed E-state index contributed by atoms with van der Waals surface area (Å²) >= 11 is 5.48. The number of hydrogen-bond donors (Lipinski definition) is 2. The first kappa shape index (κ1) is 20.6. The average Bonchev–Trinajstić information content (AvgIpc) is 2.74. The van der Waals surface area contributed by atoms with Gasteiger partial charge in [-0.25, -0.2) is 4.39 Å². The minimum absolute atomic E-state index is 0.0433. The molecule has 1 aromatic carbocycles. The van der Waals surface area contributed by atoms with Crippen molar-refractivity contribution >= 4 is 28.9 Å². The molecular formula is C19H29FN4OS. The summed E-state index contributed by atoms with van der Waals surface area (Å²) in [5, 5.41) is 6.70. The molecule has 144 valence electrons. The van der Waals surface area contributed by atoms with Gasteiger partial charge in [0.2, 0.25) is 5.91 Å². The minimum Gasteiger partial charge on any atom is -0.350 e. The number of nitrogens with zero attached hydrogens (tertiary/aromatic N) is 2. The lowest BCUT2D eigenvalue weighted by atomic mass is 10.1. The lowest BCUT2D eigenvalue weighted by Crippen LogP contribution is -2.46. The van der Waals surface area contributed by atoms with Crippen LogP contribution in [-0.2, 0) is 4.79 Å². The van der Waals surface area contributed by atoms with Gasteiger partial charge in [-0.05, 0) is 64.0 Å². The Balaban J connectivity index is 1.86. The quantitative estimate of drug-likeness (QED) is 0.790. The zero-order valence-electron chi connectivity index (χ0n) is 16.1. The lowest BCUT2D eigenvalue weighted by Gasteiger charge is -2.26. The monoisotopic (exact) mass is 380 g/mol. The number of benzene rings is 1. The molecule has 0 radical (unpaired) electrons. The summed E-state index contributed by atoms with van der Waals surface area (Å²) in [6.45, 7) is 11.2. The van der Waals surface area contributed by atoms with Gasteiger partial charge in [-0.1, -0.05) is 6.07 Å². The Hall–Kier alpha value is -1.73. The number of aryl methyl sites for hydroxylation is 1. The highest BCUT2D eigenvalue weighted by atomic mass is 32.1. The second-order valence-electron chi connectivity index (χ2n) is 7.81. The molecular weight excluding hydrogens is 351 g/mol. The maximum absolute atomic E-state index is 13.7. The number of anilines is 1. The first-order chi connectivity index (χ1) is 12.1. The number of thiocarbonyl (C=S) groups is 1. The molecule has 26 heavy (non-hydrogen) atoms. The van der Waals surface area contributed by atoms with Crippen LogP contribution in [0, 0.1) is 12.7 Å². The van der Waals surface area contributed by atoms with Gasteiger partial charge >= 0.3 is 0 Å². The first-order valence-corrected chi connectivity index (χ1v) is 9.40. The van der Waals surface area contributed by atoms with E-state index in [0.29, 0.717) is 22.9 Å². The topological polar surface area (TPSA) is 47.6 Å². The van der Waals surface area contributed by atoms with Crippen molar-refractivity contribution in [2.45, 2.75) is 39.7 Å². The van der Waals surface area contributed by atoms with Crippen molar-refractivity contribution < 1.29 is 9.18 Å². The standard InChI is InChI=1S/C19H29FN4OS/c1-14-6-7-15(12-16(14)20)21-18(26)24-9-5-8-23(10-11-24)13-17(25)22-19(2,3)4/h6-7,12H,5,8-11,13H2,1-4H3,(H,21,26)(H,22,25). The Morgan fingerprint density at radius 3 is 2.62 bits per heavy atom. The summed E-state index contributed by atoms with van der Waals surface area (Å²) in [7, 11) is 0. The molecule has 7 heteroatoms. The highest BCUT2D eigenvalue weighted by Gasteiger charge is 2.21. The summed E-state index contributed by atoms with van der Waals surface area (Å²) in [4.78, 5) is 16.3. The van der Waals surface area contributed by atoms with Crippen LogP contribution in [0.15, 0.2) is 18.2 Å². The summed E-state index contributed by atoms with van der Waals surface area (Å²) in [6.07, 6.45) is 0.923. The van der Waals surface area contributed by atoms with Crippen molar-refractivity contribution in [3.05, 3.63) is 29.6 Å². The fraction of sp³-hybridized carbons (Fsp3) is 0.579. The van der Waals surface area contributed by atoms with Gasteiger partial charge in [0.25, 0.3) is 0 Å². The predicted octanol–water partition coefficient (Wildman–Crippen LogP) is 2.75. The maximum atomic E-state index is 13.7. The minimum atomic E-state index is -0.246. The van der Waals surface area contributed by atoms with Crippen LogP contribution in [0.1, 0.15) is 32.8 Å². The van der Waals surface area contributed by atoms with E-state index in [1.54, 1.807) is 13.0 Å². The Kier molecular flexibility index (Phi) is 6.94. The van der Waals surface area contributed by atoms with Gasteiger partial charge in [0.1, 0.15) is 5.82 Å². The van der Waals surface area contributed by atoms with Crippen LogP contribution in [0.3, 0.4) is 0 Å². The van der Waals surface area contributed by atoms with Crippen LogP contribution < -0.4 is 10.6 Å². The van der Waals surface area contributed by atoms with Crippen molar-refractivity contribution in [3.8, 4) is 0 Å². The molecule has 1 aliphatic heterocycles. The molecule has 0 bridgehead atoms. The molecule has 1 aliphatic rings. The van der Waals surface area contributed by atoms with Crippen molar-refractivity contribution in [2.75, 3.05) is 38.0 Å². The molecule has 1 fully saturated rings. The molecule has 1 aromatic rings. The molecule has 0 aromatic heterocycles. The molecule has 0 aliphatic carbocycles. The molecule has 0 unspecified atom stereocenters. The number of hydrogen-bond acceptors (Lipinski definition) is 3. The van der Waals surface area contributed by atoms with Gasteiger partial charge < -0.3 is 15.5 Å². The Morgan fingerprint density at radius 1 is 1.23 bits per heavy atom. The zero-order valence-corrected chi connectivity index (χ0v) is 16.9. The third-order valence-electron chi connectivity index (χ3n) is 4.18. The second-order valence-corrected chi connectivity index (χ2v) is 8.20. The number of amides is 1. The van der Waals surface area contributed by atoms with Gasteiger partial charge in [0.15, 0.2) is 5.11 Å². The third-order valence-corrected chi connectivity index (χ3v) is 4.54. The molecule has 1 amide bonds. The van der Waals surface area contributed by atoms with E-state index in [2.05, 4.69) is 20.4 Å². The maximum Gasteiger partial charge on any atom is 0.234 e. The van der Waals surface area contributed by atoms with E-state index < -0.39 is 0 Å². The van der Waals surface area contributed by atoms with Crippen molar-refractivity contribution in [1.82, 2.24) is 15.1 Å². The number of nitrogens with one attached hydrogen (secondary N) is 2. The summed E-state index contributed by atoms with van der Waals surface area (Å²) in [6, 6.07) is 5.02. The molecule has 0 atom stereocenters. The number of rotatable bonds is 3. The SMILES string of the molecule is Cc1ccc(NC(=S)N2CCCN(CC(=O)NC(C)(C)C)CC2)cc1F. The third kappa shape index (κ3) is 6.53. The fourth-order valence-electron chi connectivity index (χ4n) is 2.87. The summed E-state index contributed by atoms with van der Waals surface area (Å²) in [5.74, 6) is -0.202. The van der Waals surface area contributed by atoms with Gasteiger partial charge in [-0.2, -0.15) is 0 Å². The van der Waals surface area contributed by atoms with E-state index in [-0.39, 0.29) is 17.3 Å². The highest BCUT2D eigenvalue weighted by molar-refractivity contribution is 7.80. The molecule has 2 N–H and O–H groups in total. The van der Waals surface area contributed by atoms with Crippen molar-refractivity contribution in [3.63, 3.8) is 0 Å². The summed E-state index contributed by atoms with van der Waals surface area (Å²) in [5.41, 5.74) is 1.05. The van der Waals surface area contributed by atoms with Crippen LogP contribution in [0.4, 0.5) is 10.1 Å². The van der Waals surface area contributed by atoms with Gasteiger partial charge in [0, 0.05) is 37.4 Å². The Labute approximate surface area is 160 Å². The van der Waals surface area contributed by atoms with Crippen LogP contribution in [-0.4, -0.2) is 59.1 Å². The van der Waals surface area contributed by atoms with Crippen LogP contribution >= 0.6 is 12.2 Å². The Morgan fingerprint density at radius 2 is 1.96 bits per heavy atom. The fourth-order valence-corrected chi connectivity index (χ4v) is 3.17. The normalized spacial score (nSPS) is 16.1. The van der Waals surface area contributed by atoms with Gasteiger partial charge in [0.05, 0.1) is 6.54 Å². The smallest absolute Gasteiger partial charge is 0.234 e.